The summed E-state index contributed by atoms with van der Waals surface area (Å²) in [6.45, 7) is 16.6. The summed E-state index contributed by atoms with van der Waals surface area (Å²) in [5, 5.41) is 9.58. The summed E-state index contributed by atoms with van der Waals surface area (Å²) < 4.78 is 17.0. The highest BCUT2D eigenvalue weighted by molar-refractivity contribution is 6.76. The molecule has 0 fully saturated rings. The van der Waals surface area contributed by atoms with Crippen molar-refractivity contribution in [1.29, 1.82) is 0 Å². The second-order valence-electron chi connectivity index (χ2n) is 11.4. The molecule has 39 heavy (non-hydrogen) atoms. The fraction of sp³-hybridized carbons (Fsp3) is 0.519. The number of aryl methyl sites for hydroxylation is 1. The number of halogens is 1. The number of carbonyl (C=O) groups is 1. The summed E-state index contributed by atoms with van der Waals surface area (Å²) in [5.41, 5.74) is 7.91. The standard InChI is InChI=1S/C27H40ClN5O5Si/c1-17(2)38-26(32-16-36-9-10-39(6,7)8)33-24(29)23-21(28)12-19(13-31-23)20-14-30-22(11-18(20)3)37-15-27(4,5)25(34)35/h11-14,17H,9-10,15-16H2,1-8H3,(H,34,35)(H2,29,32,33)/p+1. The molecule has 0 amide bonds. The van der Waals surface area contributed by atoms with E-state index in [2.05, 4.69) is 39.6 Å². The molecule has 0 aliphatic carbocycles. The van der Waals surface area contributed by atoms with Gasteiger partial charge in [0.2, 0.25) is 5.88 Å². The highest BCUT2D eigenvalue weighted by Crippen LogP contribution is 2.28. The lowest BCUT2D eigenvalue weighted by Gasteiger charge is -2.19. The Morgan fingerprint density at radius 1 is 1.23 bits per heavy atom. The first kappa shape index (κ1) is 32.2. The van der Waals surface area contributed by atoms with Crippen molar-refractivity contribution in [2.24, 2.45) is 16.1 Å². The lowest BCUT2D eigenvalue weighted by Crippen LogP contribution is -2.74. The summed E-state index contributed by atoms with van der Waals surface area (Å²) >= 11 is 6.55. The second kappa shape index (κ2) is 13.9. The maximum atomic E-state index is 11.3. The van der Waals surface area contributed by atoms with Crippen LogP contribution in [0.25, 0.3) is 11.1 Å². The molecule has 2 aromatic heterocycles. The molecule has 2 aromatic rings. The molecule has 0 radical (unpaired) electrons. The topological polar surface area (TPSA) is 143 Å². The molecule has 0 aliphatic rings. The lowest BCUT2D eigenvalue weighted by atomic mass is 9.95. The van der Waals surface area contributed by atoms with Crippen molar-refractivity contribution in [2.75, 3.05) is 19.9 Å². The zero-order chi connectivity index (χ0) is 29.4. The van der Waals surface area contributed by atoms with Crippen molar-refractivity contribution in [1.82, 2.24) is 9.97 Å². The van der Waals surface area contributed by atoms with Gasteiger partial charge in [0.1, 0.15) is 12.7 Å². The number of nitrogens with zero attached hydrogens (tertiary/aromatic N) is 3. The third-order valence-corrected chi connectivity index (χ3v) is 7.52. The SMILES string of the molecule is Cc1cc(OCC(C)(C)C(=O)O)ncc1-c1cnc(C(N)=NC(=[NH+]COCC[Si](C)(C)C)OC(C)C)c(Cl)c1. The highest BCUT2D eigenvalue weighted by atomic mass is 35.5. The van der Waals surface area contributed by atoms with Gasteiger partial charge < -0.3 is 25.1 Å². The van der Waals surface area contributed by atoms with E-state index in [9.17, 15) is 9.90 Å². The average Bonchev–Trinajstić information content (AvgIpc) is 2.81. The molecule has 0 bridgehead atoms. The predicted octanol–water partition coefficient (Wildman–Crippen LogP) is 3.47. The zero-order valence-corrected chi connectivity index (χ0v) is 25.8. The van der Waals surface area contributed by atoms with Gasteiger partial charge in [-0.3, -0.25) is 4.79 Å². The van der Waals surface area contributed by atoms with Crippen LogP contribution in [0.2, 0.25) is 30.7 Å². The Kier molecular flexibility index (Phi) is 11.4. The Morgan fingerprint density at radius 3 is 2.49 bits per heavy atom. The number of hydrogen-bond donors (Lipinski definition) is 3. The summed E-state index contributed by atoms with van der Waals surface area (Å²) in [4.78, 5) is 27.5. The minimum atomic E-state index is -1.18. The molecule has 4 N–H and O–H groups in total. The van der Waals surface area contributed by atoms with Crippen LogP contribution in [0.1, 0.15) is 39.0 Å². The molecular weight excluding hydrogens is 538 g/mol. The Morgan fingerprint density at radius 2 is 1.92 bits per heavy atom. The van der Waals surface area contributed by atoms with Gasteiger partial charge >= 0.3 is 12.0 Å². The van der Waals surface area contributed by atoms with E-state index in [4.69, 9.17) is 31.5 Å². The van der Waals surface area contributed by atoms with E-state index in [0.717, 1.165) is 22.7 Å². The Hall–Kier alpha value is -3.02. The fourth-order valence-corrected chi connectivity index (χ4v) is 4.08. The molecule has 0 unspecified atom stereocenters. The molecule has 0 aromatic carbocycles. The van der Waals surface area contributed by atoms with Crippen LogP contribution in [0.4, 0.5) is 0 Å². The van der Waals surface area contributed by atoms with Crippen molar-refractivity contribution in [3.8, 4) is 17.0 Å². The van der Waals surface area contributed by atoms with Gasteiger partial charge in [0.15, 0.2) is 12.4 Å². The van der Waals surface area contributed by atoms with E-state index in [1.54, 1.807) is 38.4 Å². The number of rotatable bonds is 12. The number of aliphatic imine (C=N–C) groups is 1. The predicted molar refractivity (Wildman–Crippen MR) is 156 cm³/mol. The Balaban J connectivity index is 2.19. The van der Waals surface area contributed by atoms with Crippen LogP contribution in [0.15, 0.2) is 29.5 Å². The third kappa shape index (κ3) is 10.6. The largest absolute Gasteiger partial charge is 0.495 e. The van der Waals surface area contributed by atoms with Crippen molar-refractivity contribution in [3.05, 3.63) is 40.8 Å². The van der Waals surface area contributed by atoms with Gasteiger partial charge in [-0.2, -0.15) is 0 Å². The molecular formula is C27H41ClN5O5Si+. The maximum Gasteiger partial charge on any atom is 0.495 e. The van der Waals surface area contributed by atoms with Crippen LogP contribution in [0.3, 0.4) is 0 Å². The quantitative estimate of drug-likeness (QED) is 0.114. The minimum Gasteiger partial charge on any atom is -0.481 e. The molecule has 2 heterocycles. The smallest absolute Gasteiger partial charge is 0.481 e. The number of carboxylic acid groups (broad SMARTS) is 1. The summed E-state index contributed by atoms with van der Waals surface area (Å²) in [6.07, 6.45) is 3.14. The second-order valence-corrected chi connectivity index (χ2v) is 17.4. The number of pyridine rings is 2. The van der Waals surface area contributed by atoms with Crippen LogP contribution >= 0.6 is 11.6 Å². The van der Waals surface area contributed by atoms with Gasteiger partial charge in [0, 0.05) is 49.3 Å². The number of nitrogens with one attached hydrogen (secondary N) is 1. The molecule has 2 rings (SSSR count). The molecule has 12 heteroatoms. The maximum absolute atomic E-state index is 11.3. The van der Waals surface area contributed by atoms with E-state index in [1.165, 1.54) is 0 Å². The number of hydrogen-bond acceptors (Lipinski definition) is 6. The number of ether oxygens (including phenoxy) is 3. The van der Waals surface area contributed by atoms with Gasteiger partial charge in [-0.1, -0.05) is 31.2 Å². The molecule has 0 atom stereocenters. The van der Waals surface area contributed by atoms with Gasteiger partial charge in [-0.05, 0) is 52.3 Å². The van der Waals surface area contributed by atoms with Crippen molar-refractivity contribution in [3.63, 3.8) is 0 Å². The first-order valence-electron chi connectivity index (χ1n) is 12.8. The van der Waals surface area contributed by atoms with E-state index in [0.29, 0.717) is 23.2 Å². The fourth-order valence-electron chi connectivity index (χ4n) is 3.06. The molecule has 0 saturated heterocycles. The van der Waals surface area contributed by atoms with Crippen molar-refractivity contribution < 1.29 is 29.1 Å². The first-order chi connectivity index (χ1) is 18.1. The monoisotopic (exact) mass is 578 g/mol. The Bertz CT molecular complexity index is 1210. The summed E-state index contributed by atoms with van der Waals surface area (Å²) in [6, 6.07) is 4.76. The first-order valence-corrected chi connectivity index (χ1v) is 16.9. The summed E-state index contributed by atoms with van der Waals surface area (Å²) in [7, 11) is -1.18. The van der Waals surface area contributed by atoms with Crippen LogP contribution in [0.5, 0.6) is 5.88 Å². The van der Waals surface area contributed by atoms with Crippen LogP contribution in [-0.4, -0.2) is 67.0 Å². The highest BCUT2D eigenvalue weighted by Gasteiger charge is 2.28. The van der Waals surface area contributed by atoms with E-state index < -0.39 is 19.5 Å². The number of aromatic nitrogens is 2. The number of aliphatic carboxylic acids is 1. The average molecular weight is 579 g/mol. The Labute approximate surface area is 236 Å². The normalized spacial score (nSPS) is 13.1. The van der Waals surface area contributed by atoms with Gasteiger partial charge in [0.05, 0.1) is 10.4 Å². The van der Waals surface area contributed by atoms with Gasteiger partial charge in [-0.15, -0.1) is 0 Å². The van der Waals surface area contributed by atoms with E-state index >= 15 is 0 Å². The molecule has 0 saturated carbocycles. The van der Waals surface area contributed by atoms with Crippen LogP contribution < -0.4 is 15.5 Å². The van der Waals surface area contributed by atoms with E-state index in [-0.39, 0.29) is 31.3 Å². The van der Waals surface area contributed by atoms with Crippen LogP contribution in [0, 0.1) is 12.3 Å². The number of nitrogens with two attached hydrogens (primary N) is 1. The molecule has 10 nitrogen and oxygen atoms in total. The number of carboxylic acids is 1. The summed E-state index contributed by atoms with van der Waals surface area (Å²) in [5.74, 6) is -0.513. The van der Waals surface area contributed by atoms with Gasteiger partial charge in [-0.25, -0.2) is 15.0 Å². The van der Waals surface area contributed by atoms with Gasteiger partial charge in [0.25, 0.3) is 5.84 Å². The molecule has 0 aliphatic heterocycles. The third-order valence-electron chi connectivity index (χ3n) is 5.53. The number of amidine groups is 2. The van der Waals surface area contributed by atoms with E-state index in [1.807, 2.05) is 20.8 Å². The van der Waals surface area contributed by atoms with Crippen molar-refractivity contribution in [2.45, 2.75) is 66.4 Å². The van der Waals surface area contributed by atoms with Crippen LogP contribution in [-0.2, 0) is 14.3 Å². The zero-order valence-electron chi connectivity index (χ0n) is 24.1. The van der Waals surface area contributed by atoms with Crippen molar-refractivity contribution >= 4 is 37.5 Å². The lowest BCUT2D eigenvalue weighted by molar-refractivity contribution is -0.518. The minimum absolute atomic E-state index is 0.00616. The molecule has 214 valence electrons. The molecule has 0 spiro atoms.